The maximum atomic E-state index is 12.6. The van der Waals surface area contributed by atoms with Crippen LogP contribution < -0.4 is 0 Å². The maximum Gasteiger partial charge on any atom is 0.123 e. The first-order valence-electron chi connectivity index (χ1n) is 4.70. The molecule has 0 heterocycles. The standard InChI is InChI=1S/C12H15FO/c1-9(2)11(8-14)7-10-3-5-12(13)6-4-10/h3-7,9,14H,8H2,1-2H3. The molecule has 76 valence electrons. The molecule has 0 aliphatic rings. The van der Waals surface area contributed by atoms with Gasteiger partial charge in [0.1, 0.15) is 5.82 Å². The molecule has 1 aromatic carbocycles. The van der Waals surface area contributed by atoms with E-state index >= 15 is 0 Å². The third kappa shape index (κ3) is 2.96. The maximum absolute atomic E-state index is 12.6. The number of aliphatic hydroxyl groups excluding tert-OH is 1. The topological polar surface area (TPSA) is 20.2 Å². The van der Waals surface area contributed by atoms with Crippen LogP contribution in [0.25, 0.3) is 6.08 Å². The highest BCUT2D eigenvalue weighted by Gasteiger charge is 2.01. The highest BCUT2D eigenvalue weighted by molar-refractivity contribution is 5.53. The van der Waals surface area contributed by atoms with Crippen molar-refractivity contribution >= 4 is 6.08 Å². The molecule has 0 aliphatic carbocycles. The molecular weight excluding hydrogens is 179 g/mol. The molecule has 0 saturated carbocycles. The van der Waals surface area contributed by atoms with Gasteiger partial charge >= 0.3 is 0 Å². The molecule has 0 unspecified atom stereocenters. The van der Waals surface area contributed by atoms with Crippen molar-refractivity contribution in [1.29, 1.82) is 0 Å². The van der Waals surface area contributed by atoms with E-state index in [2.05, 4.69) is 0 Å². The molecule has 0 radical (unpaired) electrons. The smallest absolute Gasteiger partial charge is 0.123 e. The van der Waals surface area contributed by atoms with Gasteiger partial charge in [-0.3, -0.25) is 0 Å². The minimum Gasteiger partial charge on any atom is -0.392 e. The zero-order valence-electron chi connectivity index (χ0n) is 8.50. The van der Waals surface area contributed by atoms with E-state index in [4.69, 9.17) is 5.11 Å². The second-order valence-electron chi connectivity index (χ2n) is 3.58. The van der Waals surface area contributed by atoms with Gasteiger partial charge in [-0.2, -0.15) is 0 Å². The summed E-state index contributed by atoms with van der Waals surface area (Å²) in [6, 6.07) is 6.24. The molecule has 1 aromatic rings. The van der Waals surface area contributed by atoms with Crippen molar-refractivity contribution in [1.82, 2.24) is 0 Å². The molecule has 0 atom stereocenters. The molecule has 0 amide bonds. The first-order valence-corrected chi connectivity index (χ1v) is 4.70. The Kier molecular flexibility index (Phi) is 3.84. The van der Waals surface area contributed by atoms with E-state index in [0.29, 0.717) is 5.92 Å². The number of benzene rings is 1. The molecule has 0 saturated heterocycles. The highest BCUT2D eigenvalue weighted by atomic mass is 19.1. The van der Waals surface area contributed by atoms with Gasteiger partial charge in [0.2, 0.25) is 0 Å². The van der Waals surface area contributed by atoms with Crippen LogP contribution in [-0.4, -0.2) is 11.7 Å². The Bertz CT molecular complexity index is 312. The average Bonchev–Trinajstić information content (AvgIpc) is 2.16. The van der Waals surface area contributed by atoms with E-state index in [9.17, 15) is 4.39 Å². The lowest BCUT2D eigenvalue weighted by atomic mass is 10.0. The van der Waals surface area contributed by atoms with Gasteiger partial charge < -0.3 is 5.11 Å². The van der Waals surface area contributed by atoms with E-state index in [1.54, 1.807) is 12.1 Å². The van der Waals surface area contributed by atoms with Gasteiger partial charge in [-0.25, -0.2) is 4.39 Å². The van der Waals surface area contributed by atoms with Gasteiger partial charge in [-0.1, -0.05) is 32.1 Å². The van der Waals surface area contributed by atoms with E-state index in [0.717, 1.165) is 11.1 Å². The SMILES string of the molecule is CC(C)C(=Cc1ccc(F)cc1)CO. The summed E-state index contributed by atoms with van der Waals surface area (Å²) >= 11 is 0. The van der Waals surface area contributed by atoms with Gasteiger partial charge in [-0.15, -0.1) is 0 Å². The monoisotopic (exact) mass is 194 g/mol. The summed E-state index contributed by atoms with van der Waals surface area (Å²) in [5.41, 5.74) is 1.88. The molecule has 0 aromatic heterocycles. The Morgan fingerprint density at radius 1 is 1.36 bits per heavy atom. The van der Waals surface area contributed by atoms with Crippen molar-refractivity contribution in [3.05, 3.63) is 41.2 Å². The molecule has 1 N–H and O–H groups in total. The van der Waals surface area contributed by atoms with Gasteiger partial charge in [0.05, 0.1) is 6.61 Å². The fourth-order valence-corrected chi connectivity index (χ4v) is 1.17. The molecule has 2 heteroatoms. The highest BCUT2D eigenvalue weighted by Crippen LogP contribution is 2.14. The van der Waals surface area contributed by atoms with Crippen LogP contribution in [0.5, 0.6) is 0 Å². The first-order chi connectivity index (χ1) is 6.63. The number of aliphatic hydroxyl groups is 1. The van der Waals surface area contributed by atoms with Crippen LogP contribution in [0.2, 0.25) is 0 Å². The van der Waals surface area contributed by atoms with Crippen LogP contribution in [0.15, 0.2) is 29.8 Å². The van der Waals surface area contributed by atoms with E-state index in [1.807, 2.05) is 19.9 Å². The van der Waals surface area contributed by atoms with E-state index in [1.165, 1.54) is 12.1 Å². The fraction of sp³-hybridized carbons (Fsp3) is 0.333. The summed E-state index contributed by atoms with van der Waals surface area (Å²) in [6.45, 7) is 4.09. The van der Waals surface area contributed by atoms with Crippen molar-refractivity contribution in [2.24, 2.45) is 5.92 Å². The summed E-state index contributed by atoms with van der Waals surface area (Å²) in [5.74, 6) is 0.0716. The van der Waals surface area contributed by atoms with E-state index in [-0.39, 0.29) is 12.4 Å². The quantitative estimate of drug-likeness (QED) is 0.784. The Balaban J connectivity index is 2.89. The molecule has 0 fully saturated rings. The van der Waals surface area contributed by atoms with Gasteiger partial charge in [-0.05, 0) is 29.2 Å². The van der Waals surface area contributed by atoms with E-state index < -0.39 is 0 Å². The minimum atomic E-state index is -0.239. The van der Waals surface area contributed by atoms with Crippen molar-refractivity contribution in [3.63, 3.8) is 0 Å². The van der Waals surface area contributed by atoms with Crippen LogP contribution in [0.1, 0.15) is 19.4 Å². The van der Waals surface area contributed by atoms with Gasteiger partial charge in [0.25, 0.3) is 0 Å². The molecule has 1 nitrogen and oxygen atoms in total. The zero-order valence-corrected chi connectivity index (χ0v) is 8.50. The lowest BCUT2D eigenvalue weighted by Gasteiger charge is -2.07. The van der Waals surface area contributed by atoms with Crippen molar-refractivity contribution in [2.75, 3.05) is 6.61 Å². The van der Waals surface area contributed by atoms with Gasteiger partial charge in [0.15, 0.2) is 0 Å². The molecule has 14 heavy (non-hydrogen) atoms. The summed E-state index contributed by atoms with van der Waals surface area (Å²) in [7, 11) is 0. The van der Waals surface area contributed by atoms with Crippen LogP contribution >= 0.6 is 0 Å². The Labute approximate surface area is 83.9 Å². The Hall–Kier alpha value is -1.15. The lowest BCUT2D eigenvalue weighted by Crippen LogP contribution is -1.98. The Morgan fingerprint density at radius 2 is 1.93 bits per heavy atom. The zero-order chi connectivity index (χ0) is 10.6. The van der Waals surface area contributed by atoms with Gasteiger partial charge in [0, 0.05) is 0 Å². The minimum absolute atomic E-state index is 0.0506. The summed E-state index contributed by atoms with van der Waals surface area (Å²) in [4.78, 5) is 0. The Morgan fingerprint density at radius 3 is 2.36 bits per heavy atom. The molecule has 0 bridgehead atoms. The van der Waals surface area contributed by atoms with Crippen molar-refractivity contribution in [2.45, 2.75) is 13.8 Å². The first kappa shape index (κ1) is 10.9. The summed E-state index contributed by atoms with van der Waals surface area (Å²) in [6.07, 6.45) is 1.89. The number of hydrogen-bond acceptors (Lipinski definition) is 1. The van der Waals surface area contributed by atoms with Crippen LogP contribution in [0.3, 0.4) is 0 Å². The van der Waals surface area contributed by atoms with Crippen molar-refractivity contribution < 1.29 is 9.50 Å². The predicted molar refractivity (Wildman–Crippen MR) is 56.3 cm³/mol. The number of halogens is 1. The van der Waals surface area contributed by atoms with Crippen LogP contribution in [-0.2, 0) is 0 Å². The normalized spacial score (nSPS) is 12.2. The molecule has 0 spiro atoms. The van der Waals surface area contributed by atoms with Crippen molar-refractivity contribution in [3.8, 4) is 0 Å². The lowest BCUT2D eigenvalue weighted by molar-refractivity contribution is 0.320. The molecule has 0 aliphatic heterocycles. The number of hydrogen-bond donors (Lipinski definition) is 1. The molecule has 1 rings (SSSR count). The number of rotatable bonds is 3. The molecular formula is C12H15FO. The third-order valence-electron chi connectivity index (χ3n) is 2.15. The predicted octanol–water partition coefficient (Wildman–Crippen LogP) is 2.86. The largest absolute Gasteiger partial charge is 0.392 e. The van der Waals surface area contributed by atoms with Crippen LogP contribution in [0, 0.1) is 11.7 Å². The summed E-state index contributed by atoms with van der Waals surface area (Å²) < 4.78 is 12.6. The van der Waals surface area contributed by atoms with Crippen LogP contribution in [0.4, 0.5) is 4.39 Å². The second-order valence-corrected chi connectivity index (χ2v) is 3.58. The summed E-state index contributed by atoms with van der Waals surface area (Å²) in [5, 5.41) is 9.07. The average molecular weight is 194 g/mol. The second kappa shape index (κ2) is 4.91. The third-order valence-corrected chi connectivity index (χ3v) is 2.15. The fourth-order valence-electron chi connectivity index (χ4n) is 1.17.